The maximum absolute atomic E-state index is 5.61. The molecular weight excluding hydrogens is 253 g/mol. The van der Waals surface area contributed by atoms with Gasteiger partial charge in [-0.25, -0.2) is 0 Å². The first-order valence-corrected chi connectivity index (χ1v) is 4.47. The summed E-state index contributed by atoms with van der Waals surface area (Å²) in [7, 11) is 1.59. The number of rotatable bonds is 4. The van der Waals surface area contributed by atoms with Gasteiger partial charge in [0, 0.05) is 5.70 Å². The van der Waals surface area contributed by atoms with E-state index in [1.54, 1.807) is 13.4 Å². The highest BCUT2D eigenvalue weighted by Gasteiger charge is 2.04. The fraction of sp³-hybridized carbons (Fsp3) is 0.500. The summed E-state index contributed by atoms with van der Waals surface area (Å²) >= 11 is 2.21. The zero-order chi connectivity index (χ0) is 8.85. The Bertz CT molecular complexity index is 165. The molecule has 0 aliphatic carbocycles. The molecule has 0 aromatic rings. The molecule has 0 aliphatic heterocycles. The van der Waals surface area contributed by atoms with E-state index in [1.165, 1.54) is 0 Å². The molecule has 0 saturated carbocycles. The van der Waals surface area contributed by atoms with Crippen LogP contribution in [0.4, 0.5) is 0 Å². The van der Waals surface area contributed by atoms with Gasteiger partial charge < -0.3 is 10.5 Å². The minimum absolute atomic E-state index is 0.419. The number of allylic oxidation sites excluding steroid dienone is 2. The van der Waals surface area contributed by atoms with Crippen LogP contribution in [-0.2, 0) is 4.74 Å². The lowest BCUT2D eigenvalue weighted by atomic mass is 10.1. The van der Waals surface area contributed by atoms with Gasteiger partial charge in [0.05, 0.1) is 7.11 Å². The molecule has 0 aliphatic rings. The molecule has 0 rings (SSSR count). The first-order valence-electron chi connectivity index (χ1n) is 3.39. The van der Waals surface area contributed by atoms with E-state index < -0.39 is 0 Å². The van der Waals surface area contributed by atoms with Crippen molar-refractivity contribution in [1.82, 2.24) is 0 Å². The molecule has 0 bridgehead atoms. The second kappa shape index (κ2) is 5.46. The highest BCUT2D eigenvalue weighted by Crippen LogP contribution is 2.20. The Kier molecular flexibility index (Phi) is 5.36. The zero-order valence-corrected chi connectivity index (χ0v) is 9.09. The molecule has 0 amide bonds. The Hall–Kier alpha value is -0.190. The Morgan fingerprint density at radius 3 is 2.73 bits per heavy atom. The number of nitrogens with two attached hydrogens (primary N) is 1. The van der Waals surface area contributed by atoms with Crippen LogP contribution in [0.1, 0.15) is 13.3 Å². The van der Waals surface area contributed by atoms with Crippen molar-refractivity contribution in [2.75, 3.05) is 7.11 Å². The predicted molar refractivity (Wildman–Crippen MR) is 56.2 cm³/mol. The van der Waals surface area contributed by atoms with Crippen molar-refractivity contribution in [3.63, 3.8) is 0 Å². The van der Waals surface area contributed by atoms with Gasteiger partial charge in [-0.05, 0) is 38.5 Å². The van der Waals surface area contributed by atoms with Gasteiger partial charge in [-0.15, -0.1) is 0 Å². The summed E-state index contributed by atoms with van der Waals surface area (Å²) < 4.78 is 5.89. The minimum atomic E-state index is 0.419. The largest absolute Gasteiger partial charge is 0.503 e. The van der Waals surface area contributed by atoms with Crippen LogP contribution in [0.5, 0.6) is 0 Å². The number of ether oxygens (including phenoxy) is 1. The molecule has 0 saturated heterocycles. The SMILES string of the molecule is C=C(I)[C@H](C)C/C(N)=C/OC. The highest BCUT2D eigenvalue weighted by atomic mass is 127. The van der Waals surface area contributed by atoms with E-state index in [1.807, 2.05) is 0 Å². The summed E-state index contributed by atoms with van der Waals surface area (Å²) in [4.78, 5) is 0. The Morgan fingerprint density at radius 1 is 1.82 bits per heavy atom. The van der Waals surface area contributed by atoms with Gasteiger partial charge in [0.25, 0.3) is 0 Å². The van der Waals surface area contributed by atoms with E-state index in [0.717, 1.165) is 15.7 Å². The number of hydrogen-bond acceptors (Lipinski definition) is 2. The topological polar surface area (TPSA) is 35.2 Å². The Morgan fingerprint density at radius 2 is 2.36 bits per heavy atom. The molecule has 64 valence electrons. The molecule has 0 aromatic carbocycles. The average Bonchev–Trinajstić information content (AvgIpc) is 1.87. The van der Waals surface area contributed by atoms with Gasteiger partial charge in [0.1, 0.15) is 6.26 Å². The van der Waals surface area contributed by atoms with Crippen LogP contribution in [0.3, 0.4) is 0 Å². The van der Waals surface area contributed by atoms with Gasteiger partial charge in [-0.2, -0.15) is 0 Å². The van der Waals surface area contributed by atoms with E-state index in [4.69, 9.17) is 10.5 Å². The molecule has 2 N–H and O–H groups in total. The van der Waals surface area contributed by atoms with Crippen LogP contribution < -0.4 is 5.73 Å². The molecule has 0 radical (unpaired) electrons. The van der Waals surface area contributed by atoms with Crippen molar-refractivity contribution >= 4 is 22.6 Å². The highest BCUT2D eigenvalue weighted by molar-refractivity contribution is 14.1. The maximum Gasteiger partial charge on any atom is 0.101 e. The van der Waals surface area contributed by atoms with Gasteiger partial charge in [0.2, 0.25) is 0 Å². The molecule has 11 heavy (non-hydrogen) atoms. The lowest BCUT2D eigenvalue weighted by molar-refractivity contribution is 0.331. The second-order valence-electron chi connectivity index (χ2n) is 2.48. The average molecular weight is 267 g/mol. The lowest BCUT2D eigenvalue weighted by Crippen LogP contribution is -2.04. The van der Waals surface area contributed by atoms with Crippen LogP contribution in [-0.4, -0.2) is 7.11 Å². The smallest absolute Gasteiger partial charge is 0.101 e. The molecule has 0 aromatic heterocycles. The third-order valence-corrected chi connectivity index (χ3v) is 2.41. The molecule has 0 unspecified atom stereocenters. The van der Waals surface area contributed by atoms with E-state index >= 15 is 0 Å². The van der Waals surface area contributed by atoms with E-state index in [0.29, 0.717) is 5.92 Å². The van der Waals surface area contributed by atoms with Crippen molar-refractivity contribution in [1.29, 1.82) is 0 Å². The lowest BCUT2D eigenvalue weighted by Gasteiger charge is -2.08. The summed E-state index contributed by atoms with van der Waals surface area (Å²) in [6.45, 7) is 5.92. The number of halogens is 1. The fourth-order valence-electron chi connectivity index (χ4n) is 0.664. The van der Waals surface area contributed by atoms with Crippen molar-refractivity contribution in [2.45, 2.75) is 13.3 Å². The molecule has 2 nitrogen and oxygen atoms in total. The van der Waals surface area contributed by atoms with Crippen molar-refractivity contribution < 1.29 is 4.74 Å². The van der Waals surface area contributed by atoms with Gasteiger partial charge >= 0.3 is 0 Å². The molecule has 1 atom stereocenters. The van der Waals surface area contributed by atoms with Crippen molar-refractivity contribution in [3.05, 3.63) is 22.1 Å². The third kappa shape index (κ3) is 5.12. The van der Waals surface area contributed by atoms with E-state index in [2.05, 4.69) is 36.1 Å². The number of methoxy groups -OCH3 is 1. The van der Waals surface area contributed by atoms with Crippen molar-refractivity contribution in [3.8, 4) is 0 Å². The molecule has 0 fully saturated rings. The molecule has 0 spiro atoms. The standard InChI is InChI=1S/C8H14INO/c1-6(7(2)9)4-8(10)5-11-3/h5-6H,2,4,10H2,1,3H3/b8-5-/t6-/m1/s1. The second-order valence-corrected chi connectivity index (χ2v) is 3.87. The first kappa shape index (κ1) is 10.8. The summed E-state index contributed by atoms with van der Waals surface area (Å²) in [5, 5.41) is 0. The summed E-state index contributed by atoms with van der Waals surface area (Å²) in [6, 6.07) is 0. The molecule has 0 heterocycles. The van der Waals surface area contributed by atoms with Crippen molar-refractivity contribution in [2.24, 2.45) is 11.7 Å². The summed E-state index contributed by atoms with van der Waals surface area (Å²) in [5.74, 6) is 0.419. The van der Waals surface area contributed by atoms with Crippen LogP contribution in [0.2, 0.25) is 0 Å². The molecular formula is C8H14INO. The quantitative estimate of drug-likeness (QED) is 0.627. The Balaban J connectivity index is 3.84. The summed E-state index contributed by atoms with van der Waals surface area (Å²) in [6.07, 6.45) is 2.38. The summed E-state index contributed by atoms with van der Waals surface area (Å²) in [5.41, 5.74) is 6.38. The minimum Gasteiger partial charge on any atom is -0.503 e. The fourth-order valence-corrected chi connectivity index (χ4v) is 0.884. The maximum atomic E-state index is 5.61. The van der Waals surface area contributed by atoms with Crippen LogP contribution >= 0.6 is 22.6 Å². The van der Waals surface area contributed by atoms with Crippen LogP contribution in [0.25, 0.3) is 0 Å². The van der Waals surface area contributed by atoms with E-state index in [9.17, 15) is 0 Å². The van der Waals surface area contributed by atoms with Crippen LogP contribution in [0, 0.1) is 5.92 Å². The normalized spacial score (nSPS) is 14.3. The van der Waals surface area contributed by atoms with Gasteiger partial charge in [-0.1, -0.05) is 13.5 Å². The van der Waals surface area contributed by atoms with Gasteiger partial charge in [-0.3, -0.25) is 0 Å². The van der Waals surface area contributed by atoms with Gasteiger partial charge in [0.15, 0.2) is 0 Å². The Labute approximate surface area is 81.6 Å². The monoisotopic (exact) mass is 267 g/mol. The van der Waals surface area contributed by atoms with Crippen LogP contribution in [0.15, 0.2) is 22.1 Å². The first-order chi connectivity index (χ1) is 5.07. The number of hydrogen-bond donors (Lipinski definition) is 1. The third-order valence-electron chi connectivity index (χ3n) is 1.35. The molecule has 3 heteroatoms. The predicted octanol–water partition coefficient (Wildman–Crippen LogP) is 2.41. The van der Waals surface area contributed by atoms with E-state index in [-0.39, 0.29) is 0 Å². The zero-order valence-electron chi connectivity index (χ0n) is 6.93.